The summed E-state index contributed by atoms with van der Waals surface area (Å²) in [6.45, 7) is 0.478. The molecule has 1 aromatic heterocycles. The number of carbonyl (C=O) groups excluding carboxylic acids is 1. The summed E-state index contributed by atoms with van der Waals surface area (Å²) in [5.41, 5.74) is 0.621. The fourth-order valence-corrected chi connectivity index (χ4v) is 1.17. The molecule has 0 bridgehead atoms. The normalized spacial score (nSPS) is 12.4. The molecule has 0 saturated carbocycles. The van der Waals surface area contributed by atoms with Crippen molar-refractivity contribution < 1.29 is 9.86 Å². The third kappa shape index (κ3) is 3.64. The van der Waals surface area contributed by atoms with Crippen LogP contribution >= 0.6 is 0 Å². The summed E-state index contributed by atoms with van der Waals surface area (Å²) in [4.78, 5) is 15.3. The maximum absolute atomic E-state index is 11.5. The highest BCUT2D eigenvalue weighted by Crippen LogP contribution is 2.02. The van der Waals surface area contributed by atoms with Gasteiger partial charge >= 0.3 is 0 Å². The Balaban J connectivity index is 2.36. The molecule has 4 heteroatoms. The molecule has 1 atom stereocenters. The number of hydrogen-bond donors (Lipinski definition) is 1. The van der Waals surface area contributed by atoms with E-state index in [-0.39, 0.29) is 10.8 Å². The first-order chi connectivity index (χ1) is 6.70. The van der Waals surface area contributed by atoms with Crippen molar-refractivity contribution in [1.82, 2.24) is 4.98 Å². The number of pyridine rings is 1. The molecule has 1 unspecified atom stereocenters. The molecule has 14 heavy (non-hydrogen) atoms. The van der Waals surface area contributed by atoms with Crippen molar-refractivity contribution in [1.29, 1.82) is 0 Å². The lowest BCUT2D eigenvalue weighted by atomic mass is 10.1. The second kappa shape index (κ2) is 5.47. The molecule has 1 rings (SSSR count). The lowest BCUT2D eigenvalue weighted by Gasteiger charge is -2.14. The Labute approximate surface area is 83.1 Å². The van der Waals surface area contributed by atoms with Crippen LogP contribution in [0.2, 0.25) is 0 Å². The Morgan fingerprint density at radius 1 is 1.64 bits per heavy atom. The van der Waals surface area contributed by atoms with Gasteiger partial charge in [0.15, 0.2) is 5.78 Å². The van der Waals surface area contributed by atoms with E-state index in [0.29, 0.717) is 24.9 Å². The van der Waals surface area contributed by atoms with Crippen LogP contribution in [0.25, 0.3) is 0 Å². The van der Waals surface area contributed by atoms with E-state index in [4.69, 9.17) is 0 Å². The molecule has 0 spiro atoms. The first kappa shape index (κ1) is 10.8. The summed E-state index contributed by atoms with van der Waals surface area (Å²) in [7, 11) is 1.54. The average Bonchev–Trinajstić information content (AvgIpc) is 2.18. The quantitative estimate of drug-likeness (QED) is 0.532. The highest BCUT2D eigenvalue weighted by molar-refractivity contribution is 5.95. The van der Waals surface area contributed by atoms with Crippen LogP contribution in [-0.2, 0) is 0 Å². The van der Waals surface area contributed by atoms with Gasteiger partial charge in [-0.25, -0.2) is 0 Å². The zero-order chi connectivity index (χ0) is 10.4. The maximum atomic E-state index is 11.5. The largest absolute Gasteiger partial charge is 0.634 e. The van der Waals surface area contributed by atoms with Crippen molar-refractivity contribution in [2.75, 3.05) is 13.6 Å². The molecule has 76 valence electrons. The van der Waals surface area contributed by atoms with Crippen LogP contribution in [0.1, 0.15) is 23.2 Å². The Bertz CT molecular complexity index is 285. The van der Waals surface area contributed by atoms with Crippen molar-refractivity contribution in [3.63, 3.8) is 0 Å². The molecule has 0 amide bonds. The van der Waals surface area contributed by atoms with Crippen molar-refractivity contribution in [2.24, 2.45) is 0 Å². The molecule has 0 aromatic carbocycles. The van der Waals surface area contributed by atoms with E-state index in [0.717, 1.165) is 0 Å². The number of aromatic nitrogens is 1. The van der Waals surface area contributed by atoms with Crippen molar-refractivity contribution in [2.45, 2.75) is 12.8 Å². The Morgan fingerprint density at radius 3 is 3.00 bits per heavy atom. The second-order valence-electron chi connectivity index (χ2n) is 3.22. The van der Waals surface area contributed by atoms with Gasteiger partial charge in [-0.05, 0) is 12.1 Å². The van der Waals surface area contributed by atoms with Crippen LogP contribution in [0, 0.1) is 5.21 Å². The lowest BCUT2D eigenvalue weighted by molar-refractivity contribution is -0.825. The van der Waals surface area contributed by atoms with Gasteiger partial charge in [0.1, 0.15) is 0 Å². The van der Waals surface area contributed by atoms with E-state index >= 15 is 0 Å². The van der Waals surface area contributed by atoms with Gasteiger partial charge in [-0.2, -0.15) is 0 Å². The summed E-state index contributed by atoms with van der Waals surface area (Å²) in [5.74, 6) is 0.0550. The van der Waals surface area contributed by atoms with E-state index in [1.165, 1.54) is 7.05 Å². The van der Waals surface area contributed by atoms with Crippen LogP contribution in [0.15, 0.2) is 24.5 Å². The van der Waals surface area contributed by atoms with Gasteiger partial charge in [0.25, 0.3) is 0 Å². The highest BCUT2D eigenvalue weighted by atomic mass is 16.5. The minimum atomic E-state index is 0.0550. The monoisotopic (exact) mass is 194 g/mol. The van der Waals surface area contributed by atoms with Crippen LogP contribution in [0.3, 0.4) is 0 Å². The molecular weight excluding hydrogens is 180 g/mol. The van der Waals surface area contributed by atoms with Crippen LogP contribution in [0.4, 0.5) is 0 Å². The smallest absolute Gasteiger partial charge is 0.164 e. The topological polar surface area (TPSA) is 57.5 Å². The number of nitrogens with one attached hydrogen (secondary N) is 1. The van der Waals surface area contributed by atoms with Crippen molar-refractivity contribution in [3.8, 4) is 0 Å². The molecule has 0 aliphatic rings. The van der Waals surface area contributed by atoms with Gasteiger partial charge in [0.05, 0.1) is 13.6 Å². The first-order valence-corrected chi connectivity index (χ1v) is 4.63. The van der Waals surface area contributed by atoms with Gasteiger partial charge in [-0.3, -0.25) is 9.78 Å². The summed E-state index contributed by atoms with van der Waals surface area (Å²) in [5, 5.41) is 10.8. The number of quaternary nitrogens is 1. The van der Waals surface area contributed by atoms with Crippen molar-refractivity contribution in [3.05, 3.63) is 35.3 Å². The van der Waals surface area contributed by atoms with Crippen LogP contribution < -0.4 is 5.06 Å². The molecule has 1 aromatic rings. The standard InChI is InChI=1S/C10H14N2O2/c1-12(14)7-3-5-10(13)9-4-2-6-11-8-9/h2,4,6,8,12H,3,5,7H2,1H3. The van der Waals surface area contributed by atoms with Gasteiger partial charge < -0.3 is 10.3 Å². The van der Waals surface area contributed by atoms with E-state index in [9.17, 15) is 10.0 Å². The number of carbonyl (C=O) groups is 1. The third-order valence-corrected chi connectivity index (χ3v) is 1.92. The van der Waals surface area contributed by atoms with Gasteiger partial charge in [-0.1, -0.05) is 0 Å². The number of rotatable bonds is 5. The molecule has 1 N–H and O–H groups in total. The molecule has 1 heterocycles. The molecule has 0 aliphatic carbocycles. The van der Waals surface area contributed by atoms with Gasteiger partial charge in [-0.15, -0.1) is 0 Å². The summed E-state index contributed by atoms with van der Waals surface area (Å²) < 4.78 is 0. The van der Waals surface area contributed by atoms with Gasteiger partial charge in [0, 0.05) is 30.8 Å². The SMILES string of the molecule is C[NH+]([O-])CCCC(=O)c1cccnc1. The third-order valence-electron chi connectivity index (χ3n) is 1.92. The number of Topliss-reactive ketones (excluding diaryl/α,β-unsaturated/α-hetero) is 1. The fourth-order valence-electron chi connectivity index (χ4n) is 1.17. The molecule has 0 radical (unpaired) electrons. The molecule has 0 aliphatic heterocycles. The van der Waals surface area contributed by atoms with Crippen molar-refractivity contribution >= 4 is 5.78 Å². The maximum Gasteiger partial charge on any atom is 0.164 e. The van der Waals surface area contributed by atoms with Gasteiger partial charge in [0.2, 0.25) is 0 Å². The predicted octanol–water partition coefficient (Wildman–Crippen LogP) is 0.0570. The Morgan fingerprint density at radius 2 is 2.43 bits per heavy atom. The summed E-state index contributed by atoms with van der Waals surface area (Å²) in [6.07, 6.45) is 4.23. The summed E-state index contributed by atoms with van der Waals surface area (Å²) >= 11 is 0. The number of hydroxylamine groups is 2. The zero-order valence-corrected chi connectivity index (χ0v) is 8.19. The number of nitrogens with zero attached hydrogens (tertiary/aromatic N) is 1. The molecular formula is C10H14N2O2. The predicted molar refractivity (Wildman–Crippen MR) is 52.9 cm³/mol. The summed E-state index contributed by atoms with van der Waals surface area (Å²) in [6, 6.07) is 3.47. The highest BCUT2D eigenvalue weighted by Gasteiger charge is 2.05. The minimum Gasteiger partial charge on any atom is -0.634 e. The zero-order valence-electron chi connectivity index (χ0n) is 8.19. The van der Waals surface area contributed by atoms with Crippen LogP contribution in [0.5, 0.6) is 0 Å². The Kier molecular flexibility index (Phi) is 4.22. The lowest BCUT2D eigenvalue weighted by Crippen LogP contribution is -3.03. The fraction of sp³-hybridized carbons (Fsp3) is 0.400. The van der Waals surface area contributed by atoms with E-state index in [1.54, 1.807) is 24.5 Å². The number of hydrogen-bond acceptors (Lipinski definition) is 3. The Hall–Kier alpha value is -1.26. The number of ketones is 1. The molecule has 0 saturated heterocycles. The molecule has 0 fully saturated rings. The minimum absolute atomic E-state index is 0.0550. The second-order valence-corrected chi connectivity index (χ2v) is 3.22. The molecule has 4 nitrogen and oxygen atoms in total. The van der Waals surface area contributed by atoms with Crippen LogP contribution in [-0.4, -0.2) is 24.4 Å². The first-order valence-electron chi connectivity index (χ1n) is 4.63. The van der Waals surface area contributed by atoms with E-state index in [2.05, 4.69) is 4.98 Å². The van der Waals surface area contributed by atoms with E-state index in [1.807, 2.05) is 0 Å². The van der Waals surface area contributed by atoms with E-state index < -0.39 is 0 Å². The average molecular weight is 194 g/mol.